The van der Waals surface area contributed by atoms with Crippen LogP contribution in [0.4, 0.5) is 61.7 Å². The van der Waals surface area contributed by atoms with Crippen LogP contribution in [0.15, 0.2) is 179 Å². The number of furan rings is 3. The molecule has 13 aromatic heterocycles. The molecule has 0 spiro atoms. The molecule has 0 bridgehead atoms. The number of aryl methyl sites for hydroxylation is 4. The molecule has 0 aliphatic rings. The smallest absolute Gasteiger partial charge is 0.449 e. The number of aromatic amines is 1. The number of nitrogens with zero attached hydrogens (tertiary/aromatic N) is 17. The highest BCUT2D eigenvalue weighted by Gasteiger charge is 2.50. The monoisotopic (exact) mass is 1850 g/mol. The van der Waals surface area contributed by atoms with Gasteiger partial charge in [-0.1, -0.05) is 83.4 Å². The van der Waals surface area contributed by atoms with Crippen molar-refractivity contribution in [1.29, 1.82) is 5.26 Å². The predicted octanol–water partition coefficient (Wildman–Crippen LogP) is 22.4. The number of pyridine rings is 3. The van der Waals surface area contributed by atoms with Gasteiger partial charge in [-0.15, -0.1) is 0 Å². The van der Waals surface area contributed by atoms with Crippen LogP contribution in [0.1, 0.15) is 135 Å². The van der Waals surface area contributed by atoms with Gasteiger partial charge >= 0.3 is 33.9 Å². The summed E-state index contributed by atoms with van der Waals surface area (Å²) in [5, 5.41) is 41.2. The molecule has 13 heterocycles. The van der Waals surface area contributed by atoms with Crippen LogP contribution in [0.25, 0.3) is 111 Å². The maximum Gasteiger partial charge on any atom is 0.534 e. The van der Waals surface area contributed by atoms with E-state index in [0.717, 1.165) is 61.9 Å². The minimum Gasteiger partial charge on any atom is -0.449 e. The Kier molecular flexibility index (Phi) is 30.6. The predicted molar refractivity (Wildman–Crippen MR) is 494 cm³/mol. The number of ether oxygens (including phenoxy) is 3. The number of carbonyl (C=O) groups is 3. The van der Waals surface area contributed by atoms with Crippen molar-refractivity contribution in [2.45, 2.75) is 160 Å². The van der Waals surface area contributed by atoms with Crippen molar-refractivity contribution in [1.82, 2.24) is 84.4 Å². The van der Waals surface area contributed by atoms with Crippen LogP contribution >= 0.6 is 34.8 Å². The maximum atomic E-state index is 13.0. The molecule has 0 atom stereocenters. The Morgan fingerprint density at radius 3 is 1.32 bits per heavy atom. The van der Waals surface area contributed by atoms with Crippen molar-refractivity contribution in [3.63, 3.8) is 0 Å². The number of nitrogens with two attached hydrogens (primary N) is 2. The normalized spacial score (nSPS) is 11.4. The van der Waals surface area contributed by atoms with Gasteiger partial charge in [0.15, 0.2) is 51.5 Å². The number of alkyl halides is 3. The molecule has 0 aliphatic heterocycles. The first-order valence-electron chi connectivity index (χ1n) is 39.4. The molecule has 130 heavy (non-hydrogen) atoms. The molecule has 17 aromatic rings. The minimum atomic E-state index is -5.88. The lowest BCUT2D eigenvalue weighted by Crippen LogP contribution is -2.28. The fourth-order valence-corrected chi connectivity index (χ4v) is 14.0. The Morgan fingerprint density at radius 1 is 0.492 bits per heavy atom. The number of halogens is 6. The molecule has 0 radical (unpaired) electrons. The lowest BCUT2D eigenvalue weighted by Gasteiger charge is -2.19. The molecule has 0 fully saturated rings. The Hall–Kier alpha value is -14.4. The summed E-state index contributed by atoms with van der Waals surface area (Å²) in [6, 6.07) is 27.9. The van der Waals surface area contributed by atoms with Gasteiger partial charge in [0, 0.05) is 112 Å². The lowest BCUT2D eigenvalue weighted by molar-refractivity contribution is -0.0499. The number of aromatic nitrogens is 17. The zero-order valence-corrected chi connectivity index (χ0v) is 74.3. The SMILES string of the molecule is C.C.CC#N.CCc1[nH]nc2c(Cl)ccc(Nc3c(-c4ncccn4)oc4cnccc34)c12.CCc1nn(C(=O)OC(C)(C)C)c2c(Cl)ccc(N)c12.CCc1nn(C(=O)OC(C)(C)C)c2c(Cl)ccc(Nc3c(-c4ncccn4)oc4cnccc34)c12.CCc1nn(C(=O)OC(C)(C)C)c2cccc(N)c12.O=S(=O)(Oc1c(-c2ncccn2)oc2cnccc12)C(F)(F)F. The molecule has 17 rings (SSSR count). The van der Waals surface area contributed by atoms with Gasteiger partial charge in [-0.2, -0.15) is 61.3 Å². The van der Waals surface area contributed by atoms with Crippen molar-refractivity contribution in [3.05, 3.63) is 203 Å². The first-order valence-corrected chi connectivity index (χ1v) is 41.9. The molecule has 0 saturated heterocycles. The number of benzene rings is 4. The van der Waals surface area contributed by atoms with Gasteiger partial charge in [-0.25, -0.2) is 44.3 Å². The molecule has 34 nitrogen and oxygen atoms in total. The third-order valence-corrected chi connectivity index (χ3v) is 19.9. The second kappa shape index (κ2) is 40.7. The topological polar surface area (TPSA) is 460 Å². The summed E-state index contributed by atoms with van der Waals surface area (Å²) < 4.78 is 102. The number of hydrogen-bond donors (Lipinski definition) is 5. The minimum absolute atomic E-state index is 0. The van der Waals surface area contributed by atoms with Gasteiger partial charge in [0.25, 0.3) is 0 Å². The first kappa shape index (κ1) is 97.8. The van der Waals surface area contributed by atoms with Gasteiger partial charge in [0.2, 0.25) is 5.76 Å². The number of fused-ring (bicyclic) bond motifs is 7. The summed E-state index contributed by atoms with van der Waals surface area (Å²) in [6.07, 6.45) is 19.6. The highest BCUT2D eigenvalue weighted by Crippen LogP contribution is 2.46. The van der Waals surface area contributed by atoms with Crippen molar-refractivity contribution in [3.8, 4) is 46.6 Å². The van der Waals surface area contributed by atoms with E-state index in [-0.39, 0.29) is 37.4 Å². The molecular formula is C89H92Cl3F3N22O12S. The average molecular weight is 1860 g/mol. The van der Waals surface area contributed by atoms with Gasteiger partial charge in [0.05, 0.1) is 90.5 Å². The van der Waals surface area contributed by atoms with Gasteiger partial charge in [-0.05, 0) is 173 Å². The zero-order chi connectivity index (χ0) is 92.5. The van der Waals surface area contributed by atoms with Crippen LogP contribution in [-0.2, 0) is 50.0 Å². The summed E-state index contributed by atoms with van der Waals surface area (Å²) in [6.45, 7) is 25.7. The number of anilines is 6. The molecule has 0 saturated carbocycles. The fourth-order valence-electron chi connectivity index (χ4n) is 12.9. The van der Waals surface area contributed by atoms with Crippen LogP contribution in [0.5, 0.6) is 5.75 Å². The second-order valence-corrected chi connectivity index (χ2v) is 33.3. The van der Waals surface area contributed by atoms with Crippen LogP contribution in [0.3, 0.4) is 0 Å². The van der Waals surface area contributed by atoms with E-state index in [9.17, 15) is 36.0 Å². The van der Waals surface area contributed by atoms with Crippen molar-refractivity contribution >= 4 is 174 Å². The summed E-state index contributed by atoms with van der Waals surface area (Å²) in [5.41, 5.74) is 15.6. The van der Waals surface area contributed by atoms with Gasteiger partial charge in [0.1, 0.15) is 33.4 Å². The molecule has 4 aromatic carbocycles. The van der Waals surface area contributed by atoms with Gasteiger partial charge < -0.3 is 53.7 Å². The quantitative estimate of drug-likeness (QED) is 0.0310. The van der Waals surface area contributed by atoms with E-state index in [1.807, 2.05) is 84.0 Å². The van der Waals surface area contributed by atoms with E-state index < -0.39 is 56.5 Å². The number of nitriles is 1. The highest BCUT2D eigenvalue weighted by atomic mass is 35.5. The third kappa shape index (κ3) is 21.7. The highest BCUT2D eigenvalue weighted by molar-refractivity contribution is 7.88. The average Bonchev–Trinajstić information content (AvgIpc) is 1.62. The van der Waals surface area contributed by atoms with Crippen molar-refractivity contribution in [2.75, 3.05) is 22.1 Å². The van der Waals surface area contributed by atoms with E-state index in [0.29, 0.717) is 124 Å². The van der Waals surface area contributed by atoms with E-state index >= 15 is 0 Å². The number of H-pyrrole nitrogens is 1. The summed E-state index contributed by atoms with van der Waals surface area (Å²) in [5.74, 6) is 0.817. The van der Waals surface area contributed by atoms with E-state index in [1.165, 1.54) is 57.9 Å². The number of rotatable bonds is 13. The van der Waals surface area contributed by atoms with Gasteiger partial charge in [-0.3, -0.25) is 20.1 Å². The number of nitrogens with one attached hydrogen (secondary N) is 3. The molecule has 678 valence electrons. The second-order valence-electron chi connectivity index (χ2n) is 30.5. The molecule has 0 unspecified atom stereocenters. The molecule has 7 N–H and O–H groups in total. The molecule has 0 aliphatic carbocycles. The summed E-state index contributed by atoms with van der Waals surface area (Å²) >= 11 is 19.1. The Labute approximate surface area is 758 Å². The largest absolute Gasteiger partial charge is 0.534 e. The lowest BCUT2D eigenvalue weighted by atomic mass is 10.1. The zero-order valence-electron chi connectivity index (χ0n) is 71.2. The number of carbonyl (C=O) groups excluding carboxylic acids is 3. The number of nitrogen functional groups attached to an aromatic ring is 2. The van der Waals surface area contributed by atoms with E-state index in [4.69, 9.17) is 79.0 Å². The Bertz CT molecular complexity index is 7100. The summed E-state index contributed by atoms with van der Waals surface area (Å²) in [7, 11) is -5.88. The third-order valence-electron chi connectivity index (χ3n) is 18.1. The summed E-state index contributed by atoms with van der Waals surface area (Å²) in [4.78, 5) is 74.4. The fraction of sp³-hybridized carbons (Fsp3) is 0.270. The first-order chi connectivity index (χ1) is 60.8. The van der Waals surface area contributed by atoms with E-state index in [2.05, 4.69) is 92.1 Å². The van der Waals surface area contributed by atoms with Crippen LogP contribution in [-0.4, -0.2) is 133 Å². The van der Waals surface area contributed by atoms with E-state index in [1.54, 1.807) is 134 Å². The number of hydrogen-bond acceptors (Lipinski definition) is 30. The van der Waals surface area contributed by atoms with Crippen molar-refractivity contribution in [2.24, 2.45) is 0 Å². The molecular weight excluding hydrogens is 1760 g/mol. The maximum absolute atomic E-state index is 13.0. The Balaban J connectivity index is 0.000000170. The standard InChI is InChI=1S/C25H23ClN6O3.C20H15ClN6O.C14H18ClN3O2.C14H19N3O2.C12H6F3N3O4S.C2H3N.2CH4/c1-5-16-19-17(8-7-15(26)21(19)32(31-16)24(33)35-25(2,3)4)30-20-14-9-12-27-13-18(14)34-22(20)23-28-10-6-11-29-23;1-2-13-16-14(5-4-12(21)18(16)27-26-13)25-17-11-6-9-22-10-15(11)28-19(17)20-23-7-3-8-24-20;1-5-10-11-9(16)7-6-8(15)12(11)18(17-10)13(19)20-14(2,3)4;1-5-10-12-9(15)7-6-8-11(12)17(16-10)13(18)19-14(2,3)4;13-12(14,15)23(19,20)22-9-7-2-5-16-6-8(7)21-10(9)11-17-3-1-4-18-11;1-2-3;;/h6-13,30H,5H2,1-4H3;3-10,25H,2H2,1H3,(H,26,27);6-7H,5,16H2,1-4H3;6-8H,5,15H2,1-4H3;1-6H;1H3;2*1H4. The van der Waals surface area contributed by atoms with Crippen molar-refractivity contribution < 1.29 is 67.6 Å². The van der Waals surface area contributed by atoms with Crippen LogP contribution < -0.4 is 26.3 Å². The van der Waals surface area contributed by atoms with Crippen LogP contribution in [0, 0.1) is 11.3 Å². The molecule has 0 amide bonds. The Morgan fingerprint density at radius 2 is 0.869 bits per heavy atom. The van der Waals surface area contributed by atoms with Crippen LogP contribution in [0.2, 0.25) is 15.1 Å². The molecule has 41 heteroatoms.